The molecule has 0 aliphatic heterocycles. The summed E-state index contributed by atoms with van der Waals surface area (Å²) in [6.45, 7) is 1.51. The Bertz CT molecular complexity index is 709. The quantitative estimate of drug-likeness (QED) is 0.433. The van der Waals surface area contributed by atoms with Gasteiger partial charge in [-0.1, -0.05) is 34.8 Å². The van der Waals surface area contributed by atoms with Crippen LogP contribution >= 0.6 is 46.1 Å². The summed E-state index contributed by atoms with van der Waals surface area (Å²) in [7, 11) is 0. The van der Waals surface area contributed by atoms with Crippen molar-refractivity contribution in [2.75, 3.05) is 6.61 Å². The van der Waals surface area contributed by atoms with E-state index in [9.17, 15) is 9.59 Å². The number of carbonyl (C=O) groups excluding carboxylic acids is 2. The number of ketones is 1. The summed E-state index contributed by atoms with van der Waals surface area (Å²) in [6.07, 6.45) is 0. The molecule has 0 atom stereocenters. The van der Waals surface area contributed by atoms with Gasteiger partial charge in [-0.15, -0.1) is 11.3 Å². The van der Waals surface area contributed by atoms with Crippen molar-refractivity contribution in [1.82, 2.24) is 0 Å². The first-order chi connectivity index (χ1) is 9.90. The van der Waals surface area contributed by atoms with Crippen molar-refractivity contribution < 1.29 is 14.3 Å². The van der Waals surface area contributed by atoms with Crippen molar-refractivity contribution >= 4 is 57.9 Å². The molecule has 0 spiro atoms. The topological polar surface area (TPSA) is 43.4 Å². The molecule has 2 rings (SSSR count). The minimum absolute atomic E-state index is 0.00795. The SMILES string of the molecule is Cc1ccc(C(=O)COC(=O)c2c(Cl)ccc(Cl)c2Cl)s1. The molecule has 0 aliphatic rings. The summed E-state index contributed by atoms with van der Waals surface area (Å²) >= 11 is 19.0. The van der Waals surface area contributed by atoms with Gasteiger partial charge in [0.05, 0.1) is 25.5 Å². The minimum Gasteiger partial charge on any atom is -0.454 e. The molecule has 0 bridgehead atoms. The van der Waals surface area contributed by atoms with Crippen molar-refractivity contribution in [3.05, 3.63) is 54.7 Å². The van der Waals surface area contributed by atoms with E-state index in [1.807, 2.05) is 13.0 Å². The molecule has 0 fully saturated rings. The normalized spacial score (nSPS) is 10.5. The summed E-state index contributed by atoms with van der Waals surface area (Å²) in [5.41, 5.74) is -0.0407. The number of halogens is 3. The highest BCUT2D eigenvalue weighted by Crippen LogP contribution is 2.31. The maximum absolute atomic E-state index is 12.0. The molecular weight excluding hydrogens is 355 g/mol. The summed E-state index contributed by atoms with van der Waals surface area (Å²) in [6, 6.07) is 6.43. The molecule has 0 aliphatic carbocycles. The maximum atomic E-state index is 12.0. The lowest BCUT2D eigenvalue weighted by atomic mass is 10.2. The summed E-state index contributed by atoms with van der Waals surface area (Å²) in [5.74, 6) is -1.06. The van der Waals surface area contributed by atoms with Crippen LogP contribution in [0.3, 0.4) is 0 Å². The summed E-state index contributed by atoms with van der Waals surface area (Å²) in [5, 5.41) is 0.315. The van der Waals surface area contributed by atoms with Crippen LogP contribution in [0, 0.1) is 6.92 Å². The number of aryl methyl sites for hydroxylation is 1. The second-order valence-electron chi connectivity index (χ2n) is 4.13. The second kappa shape index (κ2) is 6.79. The van der Waals surface area contributed by atoms with Crippen molar-refractivity contribution in [3.8, 4) is 0 Å². The van der Waals surface area contributed by atoms with E-state index in [2.05, 4.69) is 0 Å². The smallest absolute Gasteiger partial charge is 0.341 e. The zero-order valence-electron chi connectivity index (χ0n) is 10.8. The molecule has 0 N–H and O–H groups in total. The lowest BCUT2D eigenvalue weighted by Crippen LogP contribution is -2.14. The van der Waals surface area contributed by atoms with E-state index in [4.69, 9.17) is 39.5 Å². The van der Waals surface area contributed by atoms with Crippen LogP contribution in [0.4, 0.5) is 0 Å². The van der Waals surface area contributed by atoms with E-state index in [1.165, 1.54) is 23.5 Å². The van der Waals surface area contributed by atoms with Crippen molar-refractivity contribution in [3.63, 3.8) is 0 Å². The standard InChI is InChI=1S/C14H9Cl3O3S/c1-7-2-5-11(21-7)10(18)6-20-14(19)12-8(15)3-4-9(16)13(12)17/h2-5H,6H2,1H3. The van der Waals surface area contributed by atoms with Gasteiger partial charge in [0.2, 0.25) is 5.78 Å². The summed E-state index contributed by atoms with van der Waals surface area (Å²) in [4.78, 5) is 25.4. The Balaban J connectivity index is 2.09. The number of esters is 1. The van der Waals surface area contributed by atoms with Gasteiger partial charge in [-0.2, -0.15) is 0 Å². The van der Waals surface area contributed by atoms with Crippen molar-refractivity contribution in [2.45, 2.75) is 6.92 Å². The third kappa shape index (κ3) is 3.77. The fourth-order valence-corrected chi connectivity index (χ4v) is 3.05. The fourth-order valence-electron chi connectivity index (χ4n) is 1.57. The van der Waals surface area contributed by atoms with E-state index in [-0.39, 0.29) is 33.0 Å². The van der Waals surface area contributed by atoms with E-state index in [0.717, 1.165) is 4.88 Å². The third-order valence-corrected chi connectivity index (χ3v) is 4.76. The van der Waals surface area contributed by atoms with Gasteiger partial charge in [0.25, 0.3) is 0 Å². The lowest BCUT2D eigenvalue weighted by molar-refractivity contribution is 0.0476. The number of hydrogen-bond acceptors (Lipinski definition) is 4. The maximum Gasteiger partial charge on any atom is 0.341 e. The van der Waals surface area contributed by atoms with E-state index in [1.54, 1.807) is 6.07 Å². The molecule has 110 valence electrons. The van der Waals surface area contributed by atoms with Gasteiger partial charge >= 0.3 is 5.97 Å². The number of Topliss-reactive ketones (excluding diaryl/α,β-unsaturated/α-hetero) is 1. The molecule has 1 aromatic carbocycles. The van der Waals surface area contributed by atoms with Crippen LogP contribution in [-0.2, 0) is 4.74 Å². The predicted octanol–water partition coefficient (Wildman–Crippen LogP) is 5.06. The number of thiophene rings is 1. The molecule has 3 nitrogen and oxygen atoms in total. The zero-order valence-corrected chi connectivity index (χ0v) is 13.9. The number of hydrogen-bond donors (Lipinski definition) is 0. The third-order valence-electron chi connectivity index (χ3n) is 2.60. The molecule has 0 saturated heterocycles. The predicted molar refractivity (Wildman–Crippen MR) is 85.1 cm³/mol. The Kier molecular flexibility index (Phi) is 5.27. The Morgan fingerprint density at radius 3 is 2.38 bits per heavy atom. The van der Waals surface area contributed by atoms with E-state index >= 15 is 0 Å². The van der Waals surface area contributed by atoms with Gasteiger partial charge in [0, 0.05) is 4.88 Å². The van der Waals surface area contributed by atoms with Crippen LogP contribution in [0.2, 0.25) is 15.1 Å². The van der Waals surface area contributed by atoms with Gasteiger partial charge in [0.1, 0.15) is 0 Å². The largest absolute Gasteiger partial charge is 0.454 e. The van der Waals surface area contributed by atoms with Gasteiger partial charge in [-0.3, -0.25) is 4.79 Å². The van der Waals surface area contributed by atoms with Gasteiger partial charge < -0.3 is 4.74 Å². The molecule has 0 saturated carbocycles. The second-order valence-corrected chi connectivity index (χ2v) is 6.61. The van der Waals surface area contributed by atoms with Crippen LogP contribution in [0.25, 0.3) is 0 Å². The first-order valence-corrected chi connectivity index (χ1v) is 7.75. The summed E-state index contributed by atoms with van der Waals surface area (Å²) < 4.78 is 4.96. The number of carbonyl (C=O) groups is 2. The Hall–Kier alpha value is -1.07. The van der Waals surface area contributed by atoms with Crippen molar-refractivity contribution in [1.29, 1.82) is 0 Å². The molecule has 0 radical (unpaired) electrons. The molecular formula is C14H9Cl3O3S. The van der Waals surface area contributed by atoms with E-state index in [0.29, 0.717) is 4.88 Å². The highest BCUT2D eigenvalue weighted by molar-refractivity contribution is 7.14. The highest BCUT2D eigenvalue weighted by Gasteiger charge is 2.20. The first-order valence-electron chi connectivity index (χ1n) is 5.80. The molecule has 2 aromatic rings. The van der Waals surface area contributed by atoms with E-state index < -0.39 is 5.97 Å². The zero-order chi connectivity index (χ0) is 15.6. The van der Waals surface area contributed by atoms with Gasteiger partial charge in [-0.25, -0.2) is 4.79 Å². The number of benzene rings is 1. The van der Waals surface area contributed by atoms with Crippen LogP contribution in [0.15, 0.2) is 24.3 Å². The average molecular weight is 364 g/mol. The van der Waals surface area contributed by atoms with Crippen LogP contribution in [-0.4, -0.2) is 18.4 Å². The van der Waals surface area contributed by atoms with Crippen LogP contribution < -0.4 is 0 Å². The Morgan fingerprint density at radius 2 is 1.76 bits per heavy atom. The molecule has 0 amide bonds. The first kappa shape index (κ1) is 16.3. The van der Waals surface area contributed by atoms with Gasteiger partial charge in [-0.05, 0) is 31.2 Å². The molecule has 1 aromatic heterocycles. The van der Waals surface area contributed by atoms with Crippen molar-refractivity contribution in [2.24, 2.45) is 0 Å². The monoisotopic (exact) mass is 362 g/mol. The Labute approximate surface area is 140 Å². The molecule has 0 unspecified atom stereocenters. The van der Waals surface area contributed by atoms with Gasteiger partial charge in [0.15, 0.2) is 6.61 Å². The molecule has 7 heteroatoms. The van der Waals surface area contributed by atoms with Crippen LogP contribution in [0.1, 0.15) is 24.9 Å². The van der Waals surface area contributed by atoms with Crippen LogP contribution in [0.5, 0.6) is 0 Å². The Morgan fingerprint density at radius 1 is 1.10 bits per heavy atom. The highest BCUT2D eigenvalue weighted by atomic mass is 35.5. The fraction of sp³-hybridized carbons (Fsp3) is 0.143. The molecule has 21 heavy (non-hydrogen) atoms. The molecule has 1 heterocycles. The average Bonchev–Trinajstić information content (AvgIpc) is 2.87. The number of ether oxygens (including phenoxy) is 1. The lowest BCUT2D eigenvalue weighted by Gasteiger charge is -2.08. The minimum atomic E-state index is -0.783. The number of rotatable bonds is 4.